The molecule has 0 aromatic heterocycles. The van der Waals surface area contributed by atoms with Gasteiger partial charge in [-0.3, -0.25) is 4.79 Å². The maximum atomic E-state index is 12.8. The molecule has 0 saturated carbocycles. The molecule has 2 heterocycles. The molecule has 2 aliphatic heterocycles. The van der Waals surface area contributed by atoms with E-state index in [1.165, 1.54) is 0 Å². The van der Waals surface area contributed by atoms with Crippen molar-refractivity contribution in [3.63, 3.8) is 0 Å². The molecule has 0 radical (unpaired) electrons. The molecule has 0 bridgehead atoms. The summed E-state index contributed by atoms with van der Waals surface area (Å²) in [5.74, 6) is 2.18. The molecule has 3 aliphatic rings. The van der Waals surface area contributed by atoms with Crippen LogP contribution < -0.4 is 23.7 Å². The third-order valence-electron chi connectivity index (χ3n) is 6.14. The quantitative estimate of drug-likeness (QED) is 0.490. The summed E-state index contributed by atoms with van der Waals surface area (Å²) in [5.41, 5.74) is 2.95. The Bertz CT molecular complexity index is 996. The molecule has 158 valence electrons. The number of carbonyl (C=O) groups excluding carboxylic acids is 1. The van der Waals surface area contributed by atoms with Crippen LogP contribution in [-0.2, 0) is 9.53 Å². The van der Waals surface area contributed by atoms with Crippen molar-refractivity contribution in [3.8, 4) is 28.7 Å². The van der Waals surface area contributed by atoms with E-state index in [1.54, 1.807) is 21.3 Å². The van der Waals surface area contributed by atoms with Crippen molar-refractivity contribution in [2.45, 2.75) is 10.7 Å². The van der Waals surface area contributed by atoms with Crippen molar-refractivity contribution in [1.29, 1.82) is 0 Å². The van der Waals surface area contributed by atoms with E-state index in [-0.39, 0.29) is 35.3 Å². The maximum Gasteiger partial charge on any atom is 0.310 e. The summed E-state index contributed by atoms with van der Waals surface area (Å²) in [6, 6.07) is 7.78. The van der Waals surface area contributed by atoms with Crippen LogP contribution in [0.4, 0.5) is 0 Å². The molecule has 0 amide bonds. The van der Waals surface area contributed by atoms with Gasteiger partial charge < -0.3 is 28.4 Å². The highest BCUT2D eigenvalue weighted by Crippen LogP contribution is 2.57. The molecule has 4 atom stereocenters. The zero-order valence-electron chi connectivity index (χ0n) is 16.8. The third kappa shape index (κ3) is 2.73. The Morgan fingerprint density at radius 1 is 0.900 bits per heavy atom. The molecule has 0 spiro atoms. The van der Waals surface area contributed by atoms with E-state index in [0.717, 1.165) is 16.7 Å². The zero-order chi connectivity index (χ0) is 21.0. The Morgan fingerprint density at radius 2 is 1.53 bits per heavy atom. The Balaban J connectivity index is 1.74. The minimum atomic E-state index is -0.343. The van der Waals surface area contributed by atoms with E-state index in [9.17, 15) is 4.79 Å². The highest BCUT2D eigenvalue weighted by Gasteiger charge is 2.52. The van der Waals surface area contributed by atoms with Gasteiger partial charge in [-0.15, -0.1) is 0 Å². The Hall–Kier alpha value is -2.61. The molecule has 1 saturated heterocycles. The number of carbonyl (C=O) groups is 1. The van der Waals surface area contributed by atoms with E-state index in [4.69, 9.17) is 28.4 Å². The monoisotopic (exact) mass is 476 g/mol. The molecule has 4 unspecified atom stereocenters. The Kier molecular flexibility index (Phi) is 4.69. The fourth-order valence-electron chi connectivity index (χ4n) is 4.78. The van der Waals surface area contributed by atoms with Gasteiger partial charge in [-0.1, -0.05) is 15.9 Å². The SMILES string of the molecule is COc1cc(C2c3cc4c(cc3C(Br)C3COC(=O)C23)OCO4)cc(OC)c1OC. The van der Waals surface area contributed by atoms with Crippen LogP contribution in [0.25, 0.3) is 0 Å². The first kappa shape index (κ1) is 19.4. The number of rotatable bonds is 4. The molecular weight excluding hydrogens is 456 g/mol. The lowest BCUT2D eigenvalue weighted by Gasteiger charge is -2.37. The summed E-state index contributed by atoms with van der Waals surface area (Å²) < 4.78 is 33.3. The van der Waals surface area contributed by atoms with E-state index >= 15 is 0 Å². The zero-order valence-corrected chi connectivity index (χ0v) is 18.4. The second-order valence-corrected chi connectivity index (χ2v) is 8.48. The summed E-state index contributed by atoms with van der Waals surface area (Å²) in [6.45, 7) is 0.559. The minimum absolute atomic E-state index is 0.00513. The number of alkyl halides is 1. The van der Waals surface area contributed by atoms with Crippen molar-refractivity contribution in [2.24, 2.45) is 11.8 Å². The van der Waals surface area contributed by atoms with Crippen LogP contribution >= 0.6 is 15.9 Å². The first-order valence-corrected chi connectivity index (χ1v) is 10.5. The van der Waals surface area contributed by atoms with E-state index in [0.29, 0.717) is 35.4 Å². The van der Waals surface area contributed by atoms with Crippen LogP contribution in [0.1, 0.15) is 27.4 Å². The van der Waals surface area contributed by atoms with Crippen LogP contribution in [0.3, 0.4) is 0 Å². The summed E-state index contributed by atoms with van der Waals surface area (Å²) in [6.07, 6.45) is 0. The van der Waals surface area contributed by atoms with Crippen molar-refractivity contribution in [2.75, 3.05) is 34.7 Å². The lowest BCUT2D eigenvalue weighted by atomic mass is 9.67. The Morgan fingerprint density at radius 3 is 2.13 bits per heavy atom. The van der Waals surface area contributed by atoms with Gasteiger partial charge in [-0.05, 0) is 41.0 Å². The molecule has 1 aliphatic carbocycles. The highest BCUT2D eigenvalue weighted by atomic mass is 79.9. The lowest BCUT2D eigenvalue weighted by molar-refractivity contribution is -0.141. The van der Waals surface area contributed by atoms with Crippen molar-refractivity contribution < 1.29 is 33.2 Å². The summed E-state index contributed by atoms with van der Waals surface area (Å²) >= 11 is 3.81. The minimum Gasteiger partial charge on any atom is -0.493 e. The standard InChI is InChI=1S/C22H21BrO7/c1-25-16-4-10(5-17(26-2)21(16)27-3)18-11-6-14-15(30-9-29-14)7-12(11)20(23)13-8-28-22(24)19(13)18/h4-7,13,18-20H,8-9H2,1-3H3. The molecule has 2 aromatic carbocycles. The topological polar surface area (TPSA) is 72.5 Å². The van der Waals surface area contributed by atoms with Crippen LogP contribution in [0.15, 0.2) is 24.3 Å². The smallest absolute Gasteiger partial charge is 0.310 e. The molecule has 0 N–H and O–H groups in total. The number of halogens is 1. The number of cyclic esters (lactones) is 1. The number of ether oxygens (including phenoxy) is 6. The van der Waals surface area contributed by atoms with E-state index in [1.807, 2.05) is 24.3 Å². The van der Waals surface area contributed by atoms with Crippen molar-refractivity contribution >= 4 is 21.9 Å². The molecular formula is C22H21BrO7. The Labute approximate surface area is 182 Å². The molecule has 7 nitrogen and oxygen atoms in total. The number of fused-ring (bicyclic) bond motifs is 3. The summed E-state index contributed by atoms with van der Waals surface area (Å²) in [7, 11) is 4.72. The average molecular weight is 477 g/mol. The maximum absolute atomic E-state index is 12.8. The van der Waals surface area contributed by atoms with Gasteiger partial charge in [-0.25, -0.2) is 0 Å². The summed E-state index contributed by atoms with van der Waals surface area (Å²) in [4.78, 5) is 12.8. The van der Waals surface area contributed by atoms with Crippen LogP contribution in [-0.4, -0.2) is 40.7 Å². The second-order valence-electron chi connectivity index (χ2n) is 7.49. The highest BCUT2D eigenvalue weighted by molar-refractivity contribution is 9.09. The molecule has 30 heavy (non-hydrogen) atoms. The predicted octanol–water partition coefficient (Wildman–Crippen LogP) is 3.81. The van der Waals surface area contributed by atoms with Crippen LogP contribution in [0.5, 0.6) is 28.7 Å². The van der Waals surface area contributed by atoms with E-state index < -0.39 is 0 Å². The van der Waals surface area contributed by atoms with Gasteiger partial charge in [0.05, 0.1) is 33.9 Å². The fraction of sp³-hybridized carbons (Fsp3) is 0.409. The van der Waals surface area contributed by atoms with Gasteiger partial charge in [0.25, 0.3) is 0 Å². The van der Waals surface area contributed by atoms with Crippen LogP contribution in [0, 0.1) is 11.8 Å². The van der Waals surface area contributed by atoms with Crippen molar-refractivity contribution in [3.05, 3.63) is 41.0 Å². The number of esters is 1. The first-order valence-electron chi connectivity index (χ1n) is 9.61. The van der Waals surface area contributed by atoms with Crippen molar-refractivity contribution in [1.82, 2.24) is 0 Å². The first-order chi connectivity index (χ1) is 14.6. The summed E-state index contributed by atoms with van der Waals surface area (Å²) in [5, 5.41) is 0. The molecule has 8 heteroatoms. The second kappa shape index (κ2) is 7.27. The van der Waals surface area contributed by atoms with Crippen LogP contribution in [0.2, 0.25) is 0 Å². The molecule has 2 aromatic rings. The lowest BCUT2D eigenvalue weighted by Crippen LogP contribution is -2.32. The van der Waals surface area contributed by atoms with Gasteiger partial charge >= 0.3 is 5.97 Å². The number of methoxy groups -OCH3 is 3. The van der Waals surface area contributed by atoms with Gasteiger partial charge in [0, 0.05) is 16.7 Å². The number of hydrogen-bond acceptors (Lipinski definition) is 7. The van der Waals surface area contributed by atoms with E-state index in [2.05, 4.69) is 15.9 Å². The predicted molar refractivity (Wildman–Crippen MR) is 110 cm³/mol. The number of hydrogen-bond donors (Lipinski definition) is 0. The van der Waals surface area contributed by atoms with Gasteiger partial charge in [-0.2, -0.15) is 0 Å². The number of benzene rings is 2. The fourth-order valence-corrected chi connectivity index (χ4v) is 5.65. The van der Waals surface area contributed by atoms with Gasteiger partial charge in [0.15, 0.2) is 23.0 Å². The van der Waals surface area contributed by atoms with Gasteiger partial charge in [0.1, 0.15) is 0 Å². The molecule has 1 fully saturated rings. The molecule has 5 rings (SSSR count). The largest absolute Gasteiger partial charge is 0.493 e. The average Bonchev–Trinajstić information content (AvgIpc) is 3.38. The third-order valence-corrected chi connectivity index (χ3v) is 7.32. The van der Waals surface area contributed by atoms with Gasteiger partial charge in [0.2, 0.25) is 12.5 Å². The normalized spacial score (nSPS) is 25.9.